The lowest BCUT2D eigenvalue weighted by Gasteiger charge is -2.31. The van der Waals surface area contributed by atoms with Gasteiger partial charge in [-0.25, -0.2) is 9.59 Å². The summed E-state index contributed by atoms with van der Waals surface area (Å²) in [7, 11) is 0. The first-order valence-electron chi connectivity index (χ1n) is 10.5. The standard InChI is InChI=1S/C10H14N2O7.C9H12N2O6/c13-3-5-7(16)8(17)10(4-14,19-5)12-2-1-6(15)11-9(12)18;12-3-4-6(14)7(15)8(17-4)11-2-1-5(13)10-9(11)16/h1-2,5,7-8,13-14,16-17H,3-4H2,(H,11,15,18);1-2,4,6-8,12,14-15H,3H2,(H,10,13,16)/t5-,7-,8-,10-;4-,6-,7-,8-/m11/s1. The summed E-state index contributed by atoms with van der Waals surface area (Å²) in [5, 5.41) is 66.2. The lowest BCUT2D eigenvalue weighted by molar-refractivity contribution is -0.174. The maximum atomic E-state index is 11.7. The molecule has 36 heavy (non-hydrogen) atoms. The van der Waals surface area contributed by atoms with Crippen molar-refractivity contribution in [2.24, 2.45) is 0 Å². The van der Waals surface area contributed by atoms with Gasteiger partial charge in [0.05, 0.1) is 19.8 Å². The molecule has 2 aliphatic rings. The molecule has 2 fully saturated rings. The molecule has 4 rings (SSSR count). The predicted octanol–water partition coefficient (Wildman–Crippen LogP) is -6.56. The van der Waals surface area contributed by atoms with Crippen molar-refractivity contribution in [3.05, 3.63) is 66.2 Å². The van der Waals surface area contributed by atoms with Crippen molar-refractivity contribution in [1.29, 1.82) is 0 Å². The highest BCUT2D eigenvalue weighted by molar-refractivity contribution is 5.01. The number of nitrogens with zero attached hydrogens (tertiary/aromatic N) is 2. The molecular weight excluding hydrogens is 492 g/mol. The molecule has 0 aromatic carbocycles. The molecule has 17 heteroatoms. The molecule has 0 bridgehead atoms. The fourth-order valence-corrected chi connectivity index (χ4v) is 3.88. The van der Waals surface area contributed by atoms with Gasteiger partial charge in [0.1, 0.15) is 36.6 Å². The van der Waals surface area contributed by atoms with E-state index in [-0.39, 0.29) is 0 Å². The first-order chi connectivity index (χ1) is 17.0. The molecule has 200 valence electrons. The van der Waals surface area contributed by atoms with Crippen LogP contribution in [-0.4, -0.2) is 111 Å². The summed E-state index contributed by atoms with van der Waals surface area (Å²) in [6.45, 7) is -1.90. The molecule has 0 radical (unpaired) electrons. The van der Waals surface area contributed by atoms with E-state index >= 15 is 0 Å². The molecular formula is C19H26N4O13. The molecule has 8 atom stereocenters. The minimum atomic E-state index is -1.95. The van der Waals surface area contributed by atoms with Crippen molar-refractivity contribution in [2.45, 2.75) is 48.6 Å². The van der Waals surface area contributed by atoms with Crippen molar-refractivity contribution in [3.8, 4) is 0 Å². The van der Waals surface area contributed by atoms with Crippen LogP contribution in [0.1, 0.15) is 6.23 Å². The van der Waals surface area contributed by atoms with E-state index in [0.29, 0.717) is 0 Å². The van der Waals surface area contributed by atoms with Crippen LogP contribution in [0, 0.1) is 0 Å². The molecule has 0 aliphatic carbocycles. The fraction of sp³-hybridized carbons (Fsp3) is 0.579. The second kappa shape index (κ2) is 10.9. The largest absolute Gasteiger partial charge is 0.394 e. The third-order valence-corrected chi connectivity index (χ3v) is 5.80. The monoisotopic (exact) mass is 518 g/mol. The van der Waals surface area contributed by atoms with Gasteiger partial charge in [-0.05, 0) is 0 Å². The Morgan fingerprint density at radius 2 is 1.39 bits per heavy atom. The summed E-state index contributed by atoms with van der Waals surface area (Å²) in [6.07, 6.45) is -6.82. The van der Waals surface area contributed by atoms with Crippen molar-refractivity contribution in [2.75, 3.05) is 19.8 Å². The summed E-state index contributed by atoms with van der Waals surface area (Å²) in [6, 6.07) is 2.10. The average molecular weight is 518 g/mol. The van der Waals surface area contributed by atoms with Gasteiger partial charge in [-0.3, -0.25) is 28.7 Å². The molecule has 17 nitrogen and oxygen atoms in total. The molecule has 4 heterocycles. The first-order valence-corrected chi connectivity index (χ1v) is 10.5. The van der Waals surface area contributed by atoms with Crippen molar-refractivity contribution >= 4 is 0 Å². The van der Waals surface area contributed by atoms with Crippen molar-refractivity contribution < 1.29 is 45.2 Å². The molecule has 2 saturated heterocycles. The topological polar surface area (TPSA) is 270 Å². The fourth-order valence-electron chi connectivity index (χ4n) is 3.88. The number of aromatic nitrogens is 4. The molecule has 0 unspecified atom stereocenters. The van der Waals surface area contributed by atoms with E-state index < -0.39 is 90.9 Å². The second-order valence-corrected chi connectivity index (χ2v) is 8.00. The number of aromatic amines is 2. The number of ether oxygens (including phenoxy) is 2. The zero-order valence-corrected chi connectivity index (χ0v) is 18.4. The van der Waals surface area contributed by atoms with Crippen LogP contribution in [0.2, 0.25) is 0 Å². The molecule has 2 aromatic rings. The Morgan fingerprint density at radius 3 is 1.86 bits per heavy atom. The van der Waals surface area contributed by atoms with E-state index in [4.69, 9.17) is 19.7 Å². The van der Waals surface area contributed by atoms with Crippen molar-refractivity contribution in [1.82, 2.24) is 19.1 Å². The second-order valence-electron chi connectivity index (χ2n) is 8.00. The van der Waals surface area contributed by atoms with Crippen LogP contribution in [0.3, 0.4) is 0 Å². The van der Waals surface area contributed by atoms with Crippen molar-refractivity contribution in [3.63, 3.8) is 0 Å². The molecule has 2 aromatic heterocycles. The predicted molar refractivity (Wildman–Crippen MR) is 115 cm³/mol. The Morgan fingerprint density at radius 1 is 0.806 bits per heavy atom. The van der Waals surface area contributed by atoms with E-state index in [1.807, 2.05) is 9.97 Å². The van der Waals surface area contributed by atoms with Crippen LogP contribution in [-0.2, 0) is 15.2 Å². The average Bonchev–Trinajstić information content (AvgIpc) is 3.27. The minimum absolute atomic E-state index is 0.479. The lowest BCUT2D eigenvalue weighted by atomic mass is 10.0. The summed E-state index contributed by atoms with van der Waals surface area (Å²) in [4.78, 5) is 48.9. The Bertz CT molecular complexity index is 1270. The quantitative estimate of drug-likeness (QED) is 0.178. The summed E-state index contributed by atoms with van der Waals surface area (Å²) in [5.74, 6) is 0. The van der Waals surface area contributed by atoms with Crippen LogP contribution < -0.4 is 22.5 Å². The molecule has 0 saturated carbocycles. The number of H-pyrrole nitrogens is 2. The first kappa shape index (κ1) is 27.6. The Kier molecular flexibility index (Phi) is 8.39. The van der Waals surface area contributed by atoms with E-state index in [2.05, 4.69) is 0 Å². The minimum Gasteiger partial charge on any atom is -0.394 e. The van der Waals surface area contributed by atoms with Gasteiger partial charge in [-0.2, -0.15) is 0 Å². The summed E-state index contributed by atoms with van der Waals surface area (Å²) in [5.41, 5.74) is -4.84. The number of aliphatic hydroxyl groups is 7. The molecule has 0 amide bonds. The highest BCUT2D eigenvalue weighted by Crippen LogP contribution is 2.34. The van der Waals surface area contributed by atoms with Crippen LogP contribution >= 0.6 is 0 Å². The normalized spacial score (nSPS) is 33.8. The third kappa shape index (κ3) is 4.96. The number of rotatable bonds is 5. The summed E-state index contributed by atoms with van der Waals surface area (Å²) >= 11 is 0. The van der Waals surface area contributed by atoms with Crippen LogP contribution in [0.4, 0.5) is 0 Å². The lowest BCUT2D eigenvalue weighted by Crippen LogP contribution is -2.53. The van der Waals surface area contributed by atoms with Crippen LogP contribution in [0.5, 0.6) is 0 Å². The van der Waals surface area contributed by atoms with Gasteiger partial charge in [-0.15, -0.1) is 0 Å². The molecule has 9 N–H and O–H groups in total. The maximum absolute atomic E-state index is 11.7. The zero-order valence-electron chi connectivity index (χ0n) is 18.4. The zero-order chi connectivity index (χ0) is 26.8. The van der Waals surface area contributed by atoms with Gasteiger partial charge in [0.15, 0.2) is 6.23 Å². The highest BCUT2D eigenvalue weighted by Gasteiger charge is 2.55. The Hall–Kier alpha value is -3.00. The van der Waals surface area contributed by atoms with Gasteiger partial charge in [-0.1, -0.05) is 0 Å². The van der Waals surface area contributed by atoms with Crippen LogP contribution in [0.25, 0.3) is 0 Å². The highest BCUT2D eigenvalue weighted by atomic mass is 16.6. The van der Waals surface area contributed by atoms with E-state index in [0.717, 1.165) is 33.7 Å². The smallest absolute Gasteiger partial charge is 0.330 e. The van der Waals surface area contributed by atoms with Gasteiger partial charge in [0, 0.05) is 24.5 Å². The van der Waals surface area contributed by atoms with Gasteiger partial charge >= 0.3 is 11.4 Å². The van der Waals surface area contributed by atoms with Gasteiger partial charge in [0.2, 0.25) is 5.72 Å². The SMILES string of the molecule is O=c1ccn([C@@H]2O[C@H](CO)[C@@H](O)[C@H]2O)c(=O)[nH]1.O=c1ccn([C@]2(CO)O[C@H](CO)[C@@H](O)[C@H]2O)c(=O)[nH]1. The van der Waals surface area contributed by atoms with E-state index in [1.165, 1.54) is 0 Å². The molecule has 2 aliphatic heterocycles. The number of hydrogen-bond acceptors (Lipinski definition) is 13. The number of nitrogens with one attached hydrogen (secondary N) is 2. The van der Waals surface area contributed by atoms with Gasteiger partial charge < -0.3 is 45.2 Å². The van der Waals surface area contributed by atoms with Gasteiger partial charge in [0.25, 0.3) is 11.1 Å². The maximum Gasteiger partial charge on any atom is 0.330 e. The number of hydrogen-bond donors (Lipinski definition) is 9. The van der Waals surface area contributed by atoms with E-state index in [1.54, 1.807) is 0 Å². The van der Waals surface area contributed by atoms with Crippen LogP contribution in [0.15, 0.2) is 43.7 Å². The van der Waals surface area contributed by atoms with E-state index in [9.17, 15) is 44.7 Å². The number of aliphatic hydroxyl groups excluding tert-OH is 7. The third-order valence-electron chi connectivity index (χ3n) is 5.80. The Balaban J connectivity index is 0.000000202. The summed E-state index contributed by atoms with van der Waals surface area (Å²) < 4.78 is 12.1. The molecule has 0 spiro atoms. The Labute approximate surface area is 199 Å².